The molecule has 0 aromatic heterocycles. The molecule has 0 aliphatic heterocycles. The molecule has 1 aliphatic carbocycles. The van der Waals surface area contributed by atoms with Gasteiger partial charge in [-0.1, -0.05) is 19.1 Å². The van der Waals surface area contributed by atoms with Gasteiger partial charge in [0.1, 0.15) is 4.90 Å². The van der Waals surface area contributed by atoms with E-state index in [0.717, 1.165) is 0 Å². The van der Waals surface area contributed by atoms with Crippen LogP contribution in [0.5, 0.6) is 0 Å². The molecule has 1 aliphatic rings. The van der Waals surface area contributed by atoms with E-state index in [1.54, 1.807) is 25.1 Å². The molecule has 7 heteroatoms. The molecule has 6 nitrogen and oxygen atoms in total. The topological polar surface area (TPSA) is 101 Å². The number of benzene rings is 1. The van der Waals surface area contributed by atoms with Crippen LogP contribution in [0.1, 0.15) is 19.8 Å². The lowest BCUT2D eigenvalue weighted by Gasteiger charge is -2.14. The second-order valence-corrected chi connectivity index (χ2v) is 6.34. The van der Waals surface area contributed by atoms with Crippen molar-refractivity contribution in [2.24, 2.45) is 5.73 Å². The van der Waals surface area contributed by atoms with Gasteiger partial charge in [0.15, 0.2) is 0 Å². The molecule has 1 aromatic rings. The summed E-state index contributed by atoms with van der Waals surface area (Å²) in [5.74, 6) is -0.341. The Kier molecular flexibility index (Phi) is 3.62. The van der Waals surface area contributed by atoms with E-state index in [-0.39, 0.29) is 23.0 Å². The number of sulfonamides is 1. The van der Waals surface area contributed by atoms with E-state index in [1.807, 2.05) is 0 Å². The molecule has 0 heterocycles. The van der Waals surface area contributed by atoms with Gasteiger partial charge in [-0.15, -0.1) is 0 Å². The molecule has 1 aromatic carbocycles. The summed E-state index contributed by atoms with van der Waals surface area (Å²) < 4.78 is 26.4. The third-order valence-electron chi connectivity index (χ3n) is 3.00. The first-order chi connectivity index (χ1) is 8.89. The van der Waals surface area contributed by atoms with Crippen molar-refractivity contribution in [2.45, 2.75) is 30.2 Å². The Morgan fingerprint density at radius 2 is 2.00 bits per heavy atom. The molecule has 0 radical (unpaired) electrons. The monoisotopic (exact) mass is 283 g/mol. The average Bonchev–Trinajstić information content (AvgIpc) is 3.09. The van der Waals surface area contributed by atoms with Gasteiger partial charge in [0.05, 0.1) is 11.2 Å². The van der Waals surface area contributed by atoms with E-state index in [0.29, 0.717) is 12.8 Å². The van der Waals surface area contributed by atoms with Crippen molar-refractivity contribution >= 4 is 21.6 Å². The Labute approximate surface area is 112 Å². The molecule has 0 saturated heterocycles. The van der Waals surface area contributed by atoms with Crippen LogP contribution in [0.3, 0.4) is 0 Å². The summed E-state index contributed by atoms with van der Waals surface area (Å²) in [7, 11) is -3.62. The molecule has 4 N–H and O–H groups in total. The SMILES string of the molecule is CCNS(=O)(=O)c1ccccc1NC(=O)C1(N)CC1. The number of carbonyl (C=O) groups excluding carboxylic acids is 1. The fourth-order valence-corrected chi connectivity index (χ4v) is 2.88. The van der Waals surface area contributed by atoms with Gasteiger partial charge in [0, 0.05) is 6.54 Å². The van der Waals surface area contributed by atoms with Crippen LogP contribution in [0, 0.1) is 0 Å². The van der Waals surface area contributed by atoms with Gasteiger partial charge in [0.2, 0.25) is 15.9 Å². The van der Waals surface area contributed by atoms with Gasteiger partial charge in [0.25, 0.3) is 0 Å². The number of carbonyl (C=O) groups is 1. The van der Waals surface area contributed by atoms with E-state index < -0.39 is 15.6 Å². The zero-order valence-corrected chi connectivity index (χ0v) is 11.5. The Balaban J connectivity index is 2.29. The van der Waals surface area contributed by atoms with Crippen LogP contribution in [-0.4, -0.2) is 26.4 Å². The first kappa shape index (κ1) is 14.0. The number of para-hydroxylation sites is 1. The van der Waals surface area contributed by atoms with Gasteiger partial charge >= 0.3 is 0 Å². The standard InChI is InChI=1S/C12H17N3O3S/c1-2-14-19(17,18)10-6-4-3-5-9(10)15-11(16)12(13)7-8-12/h3-6,14H,2,7-8,13H2,1H3,(H,15,16). The van der Waals surface area contributed by atoms with E-state index >= 15 is 0 Å². The second-order valence-electron chi connectivity index (χ2n) is 4.61. The predicted octanol–water partition coefficient (Wildman–Crippen LogP) is 0.415. The van der Waals surface area contributed by atoms with Gasteiger partial charge in [-0.05, 0) is 25.0 Å². The van der Waals surface area contributed by atoms with Crippen LogP contribution in [0.2, 0.25) is 0 Å². The lowest BCUT2D eigenvalue weighted by Crippen LogP contribution is -2.38. The highest BCUT2D eigenvalue weighted by Gasteiger charge is 2.46. The van der Waals surface area contributed by atoms with Crippen LogP contribution < -0.4 is 15.8 Å². The van der Waals surface area contributed by atoms with Gasteiger partial charge < -0.3 is 11.1 Å². The number of hydrogen-bond acceptors (Lipinski definition) is 4. The quantitative estimate of drug-likeness (QED) is 0.728. The van der Waals surface area contributed by atoms with Crippen LogP contribution in [0.4, 0.5) is 5.69 Å². The minimum absolute atomic E-state index is 0.0504. The van der Waals surface area contributed by atoms with Crippen molar-refractivity contribution in [3.63, 3.8) is 0 Å². The normalized spacial score (nSPS) is 16.9. The summed E-state index contributed by atoms with van der Waals surface area (Å²) >= 11 is 0. The second kappa shape index (κ2) is 4.92. The van der Waals surface area contributed by atoms with Gasteiger partial charge in [-0.3, -0.25) is 4.79 Å². The highest BCUT2D eigenvalue weighted by atomic mass is 32.2. The zero-order valence-electron chi connectivity index (χ0n) is 10.6. The predicted molar refractivity (Wildman–Crippen MR) is 72.1 cm³/mol. The summed E-state index contributed by atoms with van der Waals surface area (Å²) in [5.41, 5.74) is 5.20. The van der Waals surface area contributed by atoms with Crippen molar-refractivity contribution in [1.82, 2.24) is 4.72 Å². The summed E-state index contributed by atoms with van der Waals surface area (Å²) in [6, 6.07) is 6.27. The van der Waals surface area contributed by atoms with Crippen LogP contribution >= 0.6 is 0 Å². The largest absolute Gasteiger partial charge is 0.323 e. The Hall–Kier alpha value is -1.44. The minimum Gasteiger partial charge on any atom is -0.323 e. The Morgan fingerprint density at radius 1 is 1.37 bits per heavy atom. The number of nitrogens with two attached hydrogens (primary N) is 1. The van der Waals surface area contributed by atoms with Crippen molar-refractivity contribution < 1.29 is 13.2 Å². The fraction of sp³-hybridized carbons (Fsp3) is 0.417. The molecule has 104 valence electrons. The summed E-state index contributed by atoms with van der Waals surface area (Å²) in [6.45, 7) is 1.98. The maximum Gasteiger partial charge on any atom is 0.244 e. The summed E-state index contributed by atoms with van der Waals surface area (Å²) in [6.07, 6.45) is 1.25. The number of anilines is 1. The van der Waals surface area contributed by atoms with Crippen LogP contribution in [0.15, 0.2) is 29.2 Å². The van der Waals surface area contributed by atoms with Gasteiger partial charge in [-0.2, -0.15) is 0 Å². The van der Waals surface area contributed by atoms with Crippen molar-refractivity contribution in [3.8, 4) is 0 Å². The van der Waals surface area contributed by atoms with Crippen LogP contribution in [-0.2, 0) is 14.8 Å². The zero-order chi connectivity index (χ0) is 14.1. The van der Waals surface area contributed by atoms with Crippen molar-refractivity contribution in [3.05, 3.63) is 24.3 Å². The van der Waals surface area contributed by atoms with E-state index in [9.17, 15) is 13.2 Å². The number of nitrogens with one attached hydrogen (secondary N) is 2. The van der Waals surface area contributed by atoms with Crippen molar-refractivity contribution in [2.75, 3.05) is 11.9 Å². The third-order valence-corrected chi connectivity index (χ3v) is 4.60. The van der Waals surface area contributed by atoms with Crippen LogP contribution in [0.25, 0.3) is 0 Å². The smallest absolute Gasteiger partial charge is 0.244 e. The number of rotatable bonds is 5. The van der Waals surface area contributed by atoms with Crippen molar-refractivity contribution in [1.29, 1.82) is 0 Å². The third kappa shape index (κ3) is 2.94. The molecular formula is C12H17N3O3S. The molecule has 1 saturated carbocycles. The molecule has 2 rings (SSSR count). The summed E-state index contributed by atoms with van der Waals surface area (Å²) in [5, 5.41) is 2.59. The molecule has 19 heavy (non-hydrogen) atoms. The lowest BCUT2D eigenvalue weighted by molar-refractivity contribution is -0.118. The maximum absolute atomic E-state index is 12.0. The highest BCUT2D eigenvalue weighted by Crippen LogP contribution is 2.34. The molecule has 0 unspecified atom stereocenters. The summed E-state index contributed by atoms with van der Waals surface area (Å²) in [4.78, 5) is 11.9. The first-order valence-electron chi connectivity index (χ1n) is 6.08. The Morgan fingerprint density at radius 3 is 2.58 bits per heavy atom. The molecule has 0 atom stereocenters. The Bertz CT molecular complexity index is 594. The number of amides is 1. The van der Waals surface area contributed by atoms with E-state index in [4.69, 9.17) is 5.73 Å². The molecular weight excluding hydrogens is 266 g/mol. The lowest BCUT2D eigenvalue weighted by atomic mass is 10.2. The van der Waals surface area contributed by atoms with E-state index in [2.05, 4.69) is 10.0 Å². The fourth-order valence-electron chi connectivity index (χ4n) is 1.68. The number of hydrogen-bond donors (Lipinski definition) is 3. The average molecular weight is 283 g/mol. The maximum atomic E-state index is 12.0. The van der Waals surface area contributed by atoms with E-state index in [1.165, 1.54) is 6.07 Å². The molecule has 0 bridgehead atoms. The molecule has 1 fully saturated rings. The first-order valence-corrected chi connectivity index (χ1v) is 7.56. The molecule has 0 spiro atoms. The highest BCUT2D eigenvalue weighted by molar-refractivity contribution is 7.89. The molecule has 1 amide bonds. The van der Waals surface area contributed by atoms with Gasteiger partial charge in [-0.25, -0.2) is 13.1 Å². The minimum atomic E-state index is -3.62.